The Morgan fingerprint density at radius 2 is 2.03 bits per heavy atom. The number of ether oxygens (including phenoxy) is 1. The van der Waals surface area contributed by atoms with E-state index in [1.165, 1.54) is 4.90 Å². The van der Waals surface area contributed by atoms with Crippen molar-refractivity contribution < 1.29 is 17.9 Å². The molecule has 0 atom stereocenters. The molecule has 0 radical (unpaired) electrons. The van der Waals surface area contributed by atoms with Crippen LogP contribution >= 0.6 is 0 Å². The summed E-state index contributed by atoms with van der Waals surface area (Å²) in [5.41, 5.74) is 2.60. The van der Waals surface area contributed by atoms with E-state index in [-0.39, 0.29) is 25.6 Å². The first-order valence-electron chi connectivity index (χ1n) is 11.4. The molecule has 6 heterocycles. The van der Waals surface area contributed by atoms with Gasteiger partial charge in [0.05, 0.1) is 55.7 Å². The monoisotopic (exact) mass is 494 g/mol. The number of hydrogen-bond acceptors (Lipinski definition) is 7. The van der Waals surface area contributed by atoms with Gasteiger partial charge in [-0.2, -0.15) is 28.6 Å². The third-order valence-electron chi connectivity index (χ3n) is 6.66. The molecule has 2 aliphatic heterocycles. The summed E-state index contributed by atoms with van der Waals surface area (Å²) in [5, 5.41) is 19.3. The molecule has 6 rings (SSSR count). The normalized spacial score (nSPS) is 18.1. The van der Waals surface area contributed by atoms with Crippen molar-refractivity contribution in [3.8, 4) is 28.7 Å². The summed E-state index contributed by atoms with van der Waals surface area (Å²) in [6.45, 7) is 0.444. The van der Waals surface area contributed by atoms with Crippen LogP contribution in [0.2, 0.25) is 0 Å². The van der Waals surface area contributed by atoms with E-state index in [2.05, 4.69) is 16.2 Å². The Morgan fingerprint density at radius 3 is 2.75 bits per heavy atom. The average Bonchev–Trinajstić information content (AvgIpc) is 3.45. The smallest absolute Gasteiger partial charge is 0.377 e. The molecule has 2 fully saturated rings. The molecule has 184 valence electrons. The van der Waals surface area contributed by atoms with E-state index in [1.807, 2.05) is 29.1 Å². The fourth-order valence-corrected chi connectivity index (χ4v) is 4.82. The van der Waals surface area contributed by atoms with Crippen LogP contribution in [0.5, 0.6) is 0 Å². The molecule has 0 saturated carbocycles. The largest absolute Gasteiger partial charge is 0.401 e. The van der Waals surface area contributed by atoms with Crippen molar-refractivity contribution >= 4 is 10.9 Å². The Balaban J connectivity index is 1.35. The van der Waals surface area contributed by atoms with Gasteiger partial charge >= 0.3 is 6.18 Å². The van der Waals surface area contributed by atoms with Crippen molar-refractivity contribution in [3.63, 3.8) is 0 Å². The molecular weight excluding hydrogens is 473 g/mol. The summed E-state index contributed by atoms with van der Waals surface area (Å²) in [6.07, 6.45) is 2.87. The second-order valence-corrected chi connectivity index (χ2v) is 9.29. The van der Waals surface area contributed by atoms with E-state index < -0.39 is 18.3 Å². The molecular formula is C24H21F3N8O. The molecule has 4 aromatic rings. The van der Waals surface area contributed by atoms with Gasteiger partial charge in [-0.25, -0.2) is 4.98 Å². The molecule has 0 N–H and O–H groups in total. The molecule has 2 saturated heterocycles. The van der Waals surface area contributed by atoms with Crippen LogP contribution in [-0.4, -0.2) is 73.5 Å². The number of nitrogens with zero attached hydrogens (tertiary/aromatic N) is 8. The van der Waals surface area contributed by atoms with Crippen LogP contribution in [0.1, 0.15) is 12.5 Å². The minimum atomic E-state index is -4.29. The Hall–Kier alpha value is -3.82. The van der Waals surface area contributed by atoms with Gasteiger partial charge in [-0.15, -0.1) is 0 Å². The third kappa shape index (κ3) is 4.00. The predicted octanol–water partition coefficient (Wildman–Crippen LogP) is 3.41. The van der Waals surface area contributed by atoms with Crippen LogP contribution in [-0.2, 0) is 10.3 Å². The number of fused-ring (bicyclic) bond motifs is 1. The number of hydrogen-bond donors (Lipinski definition) is 0. The van der Waals surface area contributed by atoms with Gasteiger partial charge in [0.2, 0.25) is 0 Å². The standard InChI is InChI=1S/C24H21F3N8O/c25-24(26,27)15-33-13-23(14-33,4-5-28)35-7-3-19(32-35)22-18-2-1-6-29-21(18)8-20(31-22)16-9-30-34(10-16)17-11-36-12-17/h1-3,6-10,17H,4,11-15H2. The molecule has 0 amide bonds. The van der Waals surface area contributed by atoms with Crippen LogP contribution in [0.25, 0.3) is 33.5 Å². The molecule has 0 unspecified atom stereocenters. The SMILES string of the molecule is N#CCC1(n2ccc(-c3nc(-c4cnn(C5COC5)c4)cc4ncccc34)n2)CN(CC(F)(F)F)C1. The van der Waals surface area contributed by atoms with Crippen molar-refractivity contribution in [3.05, 3.63) is 49.1 Å². The lowest BCUT2D eigenvalue weighted by atomic mass is 9.87. The molecule has 0 spiro atoms. The lowest BCUT2D eigenvalue weighted by Crippen LogP contribution is -2.64. The van der Waals surface area contributed by atoms with Gasteiger partial charge in [-0.05, 0) is 24.3 Å². The van der Waals surface area contributed by atoms with Gasteiger partial charge in [0.25, 0.3) is 0 Å². The summed E-state index contributed by atoms with van der Waals surface area (Å²) in [5.74, 6) is 0. The van der Waals surface area contributed by atoms with Crippen LogP contribution in [0, 0.1) is 11.3 Å². The number of likely N-dealkylation sites (tertiary alicyclic amines) is 1. The van der Waals surface area contributed by atoms with Gasteiger partial charge in [0.15, 0.2) is 0 Å². The maximum Gasteiger partial charge on any atom is 0.401 e. The number of aromatic nitrogens is 6. The predicted molar refractivity (Wildman–Crippen MR) is 123 cm³/mol. The Morgan fingerprint density at radius 1 is 1.19 bits per heavy atom. The molecule has 36 heavy (non-hydrogen) atoms. The second-order valence-electron chi connectivity index (χ2n) is 9.29. The lowest BCUT2D eigenvalue weighted by molar-refractivity contribution is -0.167. The van der Waals surface area contributed by atoms with Gasteiger partial charge in [-0.3, -0.25) is 19.2 Å². The van der Waals surface area contributed by atoms with Crippen molar-refractivity contribution in [2.75, 3.05) is 32.8 Å². The number of rotatable bonds is 6. The highest BCUT2D eigenvalue weighted by Crippen LogP contribution is 2.36. The summed E-state index contributed by atoms with van der Waals surface area (Å²) < 4.78 is 47.2. The third-order valence-corrected chi connectivity index (χ3v) is 6.66. The molecule has 2 aliphatic rings. The fraction of sp³-hybridized carbons (Fsp3) is 0.375. The maximum atomic E-state index is 12.8. The minimum absolute atomic E-state index is 0.0579. The average molecular weight is 494 g/mol. The summed E-state index contributed by atoms with van der Waals surface area (Å²) >= 11 is 0. The fourth-order valence-electron chi connectivity index (χ4n) is 4.82. The quantitative estimate of drug-likeness (QED) is 0.405. The van der Waals surface area contributed by atoms with Crippen molar-refractivity contribution in [2.45, 2.75) is 24.2 Å². The highest BCUT2D eigenvalue weighted by Gasteiger charge is 2.48. The second kappa shape index (κ2) is 8.39. The van der Waals surface area contributed by atoms with E-state index in [1.54, 1.807) is 29.3 Å². The number of halogens is 3. The topological polar surface area (TPSA) is 97.7 Å². The zero-order chi connectivity index (χ0) is 24.9. The van der Waals surface area contributed by atoms with Crippen molar-refractivity contribution in [2.24, 2.45) is 0 Å². The van der Waals surface area contributed by atoms with Crippen LogP contribution in [0.4, 0.5) is 13.2 Å². The van der Waals surface area contributed by atoms with Crippen molar-refractivity contribution in [1.82, 2.24) is 34.4 Å². The molecule has 9 nitrogen and oxygen atoms in total. The maximum absolute atomic E-state index is 12.8. The van der Waals surface area contributed by atoms with E-state index in [9.17, 15) is 18.4 Å². The summed E-state index contributed by atoms with van der Waals surface area (Å²) in [6, 6.07) is 9.71. The first kappa shape index (κ1) is 22.6. The van der Waals surface area contributed by atoms with Crippen LogP contribution in [0.15, 0.2) is 49.1 Å². The number of nitriles is 1. The number of pyridine rings is 2. The highest BCUT2D eigenvalue weighted by atomic mass is 19.4. The number of alkyl halides is 3. The van der Waals surface area contributed by atoms with E-state index in [0.29, 0.717) is 30.3 Å². The highest BCUT2D eigenvalue weighted by molar-refractivity contribution is 5.93. The van der Waals surface area contributed by atoms with Gasteiger partial charge in [0.1, 0.15) is 16.9 Å². The Labute approximate surface area is 203 Å². The first-order chi connectivity index (χ1) is 17.3. The Bertz CT molecular complexity index is 1460. The summed E-state index contributed by atoms with van der Waals surface area (Å²) in [4.78, 5) is 10.7. The summed E-state index contributed by atoms with van der Waals surface area (Å²) in [7, 11) is 0. The zero-order valence-corrected chi connectivity index (χ0v) is 19.1. The lowest BCUT2D eigenvalue weighted by Gasteiger charge is -2.49. The molecule has 0 bridgehead atoms. The molecule has 0 aliphatic carbocycles. The molecule has 12 heteroatoms. The van der Waals surface area contributed by atoms with Gasteiger partial charge < -0.3 is 4.74 Å². The van der Waals surface area contributed by atoms with Gasteiger partial charge in [-0.1, -0.05) is 0 Å². The first-order valence-corrected chi connectivity index (χ1v) is 11.4. The minimum Gasteiger partial charge on any atom is -0.377 e. The van der Waals surface area contributed by atoms with E-state index in [0.717, 1.165) is 16.5 Å². The zero-order valence-electron chi connectivity index (χ0n) is 19.1. The Kier molecular flexibility index (Phi) is 5.27. The van der Waals surface area contributed by atoms with Gasteiger partial charge in [0, 0.05) is 42.6 Å². The van der Waals surface area contributed by atoms with E-state index >= 15 is 0 Å². The van der Waals surface area contributed by atoms with E-state index in [4.69, 9.17) is 14.8 Å². The molecule has 4 aromatic heterocycles. The molecule has 0 aromatic carbocycles. The van der Waals surface area contributed by atoms with Crippen molar-refractivity contribution in [1.29, 1.82) is 5.26 Å². The van der Waals surface area contributed by atoms with Crippen LogP contribution < -0.4 is 0 Å². The van der Waals surface area contributed by atoms with Crippen LogP contribution in [0.3, 0.4) is 0 Å².